The summed E-state index contributed by atoms with van der Waals surface area (Å²) in [6.45, 7) is 2.06. The molecule has 4 nitrogen and oxygen atoms in total. The number of halogens is 1. The lowest BCUT2D eigenvalue weighted by Gasteiger charge is -2.10. The van der Waals surface area contributed by atoms with E-state index >= 15 is 0 Å². The van der Waals surface area contributed by atoms with Crippen molar-refractivity contribution >= 4 is 40.6 Å². The lowest BCUT2D eigenvalue weighted by atomic mass is 10.2. The summed E-state index contributed by atoms with van der Waals surface area (Å²) >= 11 is 7.49. The van der Waals surface area contributed by atoms with Gasteiger partial charge in [0, 0.05) is 14.8 Å². The summed E-state index contributed by atoms with van der Waals surface area (Å²) in [5, 5.41) is 12.4. The Kier molecular flexibility index (Phi) is 5.80. The van der Waals surface area contributed by atoms with Crippen molar-refractivity contribution in [3.63, 3.8) is 0 Å². The number of nitrogens with one attached hydrogen (secondary N) is 1. The van der Waals surface area contributed by atoms with Gasteiger partial charge in [0.25, 0.3) is 5.91 Å². The van der Waals surface area contributed by atoms with E-state index in [1.165, 1.54) is 12.0 Å². The zero-order valence-electron chi connectivity index (χ0n) is 12.7. The maximum Gasteiger partial charge on any atom is 0.266 e. The van der Waals surface area contributed by atoms with Crippen LogP contribution in [-0.4, -0.2) is 13.0 Å². The van der Waals surface area contributed by atoms with Gasteiger partial charge in [-0.05, 0) is 42.8 Å². The average Bonchev–Trinajstić information content (AvgIpc) is 3.00. The van der Waals surface area contributed by atoms with E-state index in [1.54, 1.807) is 35.6 Å². The lowest BCUT2D eigenvalue weighted by molar-refractivity contribution is -0.112. The summed E-state index contributed by atoms with van der Waals surface area (Å²) in [4.78, 5) is 14.4. The maximum absolute atomic E-state index is 12.3. The normalized spacial score (nSPS) is 11.0. The highest BCUT2D eigenvalue weighted by Crippen LogP contribution is 2.28. The summed E-state index contributed by atoms with van der Waals surface area (Å²) in [6.07, 6.45) is 2.50. The molecular weight excluding hydrogens is 332 g/mol. The average molecular weight is 347 g/mol. The van der Waals surface area contributed by atoms with Gasteiger partial charge in [0.1, 0.15) is 17.4 Å². The lowest BCUT2D eigenvalue weighted by Crippen LogP contribution is -2.14. The highest BCUT2D eigenvalue weighted by molar-refractivity contribution is 7.12. The molecule has 0 unspecified atom stereocenters. The van der Waals surface area contributed by atoms with Crippen molar-refractivity contribution < 1.29 is 9.53 Å². The zero-order valence-corrected chi connectivity index (χ0v) is 14.3. The number of methoxy groups -OCH3 is 1. The fourth-order valence-electron chi connectivity index (χ4n) is 1.92. The van der Waals surface area contributed by atoms with Gasteiger partial charge in [0.05, 0.1) is 12.8 Å². The minimum absolute atomic E-state index is 0.0246. The van der Waals surface area contributed by atoms with E-state index in [0.29, 0.717) is 16.5 Å². The number of carbonyl (C=O) groups is 1. The Hall–Kier alpha value is -2.29. The fourth-order valence-corrected chi connectivity index (χ4v) is 2.99. The fraction of sp³-hybridized carbons (Fsp3) is 0.176. The Morgan fingerprint density at radius 3 is 2.83 bits per heavy atom. The van der Waals surface area contributed by atoms with Gasteiger partial charge in [0.2, 0.25) is 0 Å². The van der Waals surface area contributed by atoms with Crippen LogP contribution in [0, 0.1) is 11.3 Å². The molecule has 118 valence electrons. The van der Waals surface area contributed by atoms with Crippen molar-refractivity contribution in [3.8, 4) is 11.8 Å². The second kappa shape index (κ2) is 7.82. The van der Waals surface area contributed by atoms with E-state index in [2.05, 4.69) is 12.2 Å². The SMILES string of the molecule is CCc1ccc(/C=C(\C#N)C(=O)Nc2cc(Cl)ccc2OC)s1. The third kappa shape index (κ3) is 4.35. The summed E-state index contributed by atoms with van der Waals surface area (Å²) < 4.78 is 5.18. The molecule has 0 saturated carbocycles. The Bertz CT molecular complexity index is 790. The van der Waals surface area contributed by atoms with E-state index in [-0.39, 0.29) is 5.57 Å². The summed E-state index contributed by atoms with van der Waals surface area (Å²) in [6, 6.07) is 10.7. The minimum atomic E-state index is -0.500. The molecule has 1 aromatic carbocycles. The third-order valence-electron chi connectivity index (χ3n) is 3.09. The number of ether oxygens (including phenoxy) is 1. The van der Waals surface area contributed by atoms with Gasteiger partial charge in [-0.1, -0.05) is 18.5 Å². The van der Waals surface area contributed by atoms with Crippen LogP contribution in [0.4, 0.5) is 5.69 Å². The molecule has 0 spiro atoms. The van der Waals surface area contributed by atoms with Crippen LogP contribution in [0.3, 0.4) is 0 Å². The van der Waals surface area contributed by atoms with Crippen molar-refractivity contribution in [1.29, 1.82) is 5.26 Å². The number of hydrogen-bond donors (Lipinski definition) is 1. The van der Waals surface area contributed by atoms with Crippen LogP contribution in [-0.2, 0) is 11.2 Å². The Morgan fingerprint density at radius 1 is 1.43 bits per heavy atom. The van der Waals surface area contributed by atoms with Crippen LogP contribution >= 0.6 is 22.9 Å². The topological polar surface area (TPSA) is 62.1 Å². The van der Waals surface area contributed by atoms with Crippen molar-refractivity contribution in [1.82, 2.24) is 0 Å². The first kappa shape index (κ1) is 17.1. The van der Waals surface area contributed by atoms with Gasteiger partial charge in [0.15, 0.2) is 0 Å². The molecule has 1 N–H and O–H groups in total. The molecule has 0 aliphatic rings. The number of nitriles is 1. The molecule has 0 aliphatic carbocycles. The number of amides is 1. The van der Waals surface area contributed by atoms with Crippen LogP contribution in [0.2, 0.25) is 5.02 Å². The number of aryl methyl sites for hydroxylation is 1. The summed E-state index contributed by atoms with van der Waals surface area (Å²) in [5.74, 6) is -0.0241. The molecule has 0 bridgehead atoms. The van der Waals surface area contributed by atoms with Crippen LogP contribution in [0.5, 0.6) is 5.75 Å². The number of thiophene rings is 1. The van der Waals surface area contributed by atoms with Crippen molar-refractivity contribution in [2.24, 2.45) is 0 Å². The second-order valence-corrected chi connectivity index (χ2v) is 6.26. The number of nitrogens with zero attached hydrogens (tertiary/aromatic N) is 1. The molecule has 0 aliphatic heterocycles. The first-order valence-electron chi connectivity index (χ1n) is 6.92. The predicted molar refractivity (Wildman–Crippen MR) is 93.9 cm³/mol. The summed E-state index contributed by atoms with van der Waals surface area (Å²) in [5.41, 5.74) is 0.447. The van der Waals surface area contributed by atoms with Gasteiger partial charge in [-0.3, -0.25) is 4.79 Å². The highest BCUT2D eigenvalue weighted by Gasteiger charge is 2.13. The molecule has 1 heterocycles. The van der Waals surface area contributed by atoms with Gasteiger partial charge in [-0.15, -0.1) is 11.3 Å². The molecule has 0 saturated heterocycles. The summed E-state index contributed by atoms with van der Waals surface area (Å²) in [7, 11) is 1.50. The van der Waals surface area contributed by atoms with Crippen LogP contribution < -0.4 is 10.1 Å². The first-order chi connectivity index (χ1) is 11.1. The number of rotatable bonds is 5. The maximum atomic E-state index is 12.3. The van der Waals surface area contributed by atoms with E-state index in [4.69, 9.17) is 16.3 Å². The molecule has 0 fully saturated rings. The molecule has 6 heteroatoms. The molecule has 0 atom stereocenters. The van der Waals surface area contributed by atoms with Crippen LogP contribution in [0.1, 0.15) is 16.7 Å². The Balaban J connectivity index is 2.24. The Labute approximate surface area is 144 Å². The van der Waals surface area contributed by atoms with Crippen molar-refractivity contribution in [3.05, 3.63) is 50.7 Å². The van der Waals surface area contributed by atoms with E-state index in [0.717, 1.165) is 11.3 Å². The number of hydrogen-bond acceptors (Lipinski definition) is 4. The predicted octanol–water partition coefficient (Wildman–Crippen LogP) is 4.52. The molecule has 23 heavy (non-hydrogen) atoms. The largest absolute Gasteiger partial charge is 0.495 e. The number of anilines is 1. The van der Waals surface area contributed by atoms with E-state index in [9.17, 15) is 10.1 Å². The van der Waals surface area contributed by atoms with Crippen LogP contribution in [0.25, 0.3) is 6.08 Å². The molecule has 1 amide bonds. The molecule has 2 rings (SSSR count). The monoisotopic (exact) mass is 346 g/mol. The standard InChI is InChI=1S/C17H15ClN2O2S/c1-3-13-5-6-14(23-13)8-11(10-19)17(21)20-15-9-12(18)4-7-16(15)22-2/h4-9H,3H2,1-2H3,(H,20,21)/b11-8+. The van der Waals surface area contributed by atoms with E-state index in [1.807, 2.05) is 18.2 Å². The zero-order chi connectivity index (χ0) is 16.8. The van der Waals surface area contributed by atoms with Gasteiger partial charge in [-0.2, -0.15) is 5.26 Å². The minimum Gasteiger partial charge on any atom is -0.495 e. The molecule has 2 aromatic rings. The third-order valence-corrected chi connectivity index (χ3v) is 4.50. The molecule has 1 aromatic heterocycles. The second-order valence-electron chi connectivity index (χ2n) is 4.63. The molecular formula is C17H15ClN2O2S. The Morgan fingerprint density at radius 2 is 2.22 bits per heavy atom. The van der Waals surface area contributed by atoms with Gasteiger partial charge < -0.3 is 10.1 Å². The van der Waals surface area contributed by atoms with Gasteiger partial charge >= 0.3 is 0 Å². The van der Waals surface area contributed by atoms with E-state index < -0.39 is 5.91 Å². The number of benzene rings is 1. The highest BCUT2D eigenvalue weighted by atomic mass is 35.5. The first-order valence-corrected chi connectivity index (χ1v) is 8.12. The molecule has 0 radical (unpaired) electrons. The number of carbonyl (C=O) groups excluding carboxylic acids is 1. The quantitative estimate of drug-likeness (QED) is 0.639. The van der Waals surface area contributed by atoms with Crippen molar-refractivity contribution in [2.45, 2.75) is 13.3 Å². The van der Waals surface area contributed by atoms with Gasteiger partial charge in [-0.25, -0.2) is 0 Å². The van der Waals surface area contributed by atoms with Crippen molar-refractivity contribution in [2.75, 3.05) is 12.4 Å². The smallest absolute Gasteiger partial charge is 0.266 e. The van der Waals surface area contributed by atoms with Crippen LogP contribution in [0.15, 0.2) is 35.9 Å².